The molecule has 2 aromatic carbocycles. The van der Waals surface area contributed by atoms with Crippen molar-refractivity contribution in [2.75, 3.05) is 16.4 Å². The summed E-state index contributed by atoms with van der Waals surface area (Å²) in [5.74, 6) is -0.547. The minimum Gasteiger partial charge on any atom is -0.459 e. The Bertz CT molecular complexity index is 1190. The zero-order valence-corrected chi connectivity index (χ0v) is 16.7. The molecule has 0 atom stereocenters. The Morgan fingerprint density at radius 3 is 2.55 bits per heavy atom. The summed E-state index contributed by atoms with van der Waals surface area (Å²) in [6, 6.07) is 15.3. The number of aromatic nitrogens is 2. The maximum absolute atomic E-state index is 13.0. The number of nitrogens with zero attached hydrogens (tertiary/aromatic N) is 2. The Labute approximate surface area is 179 Å². The van der Waals surface area contributed by atoms with Gasteiger partial charge in [-0.2, -0.15) is 0 Å². The van der Waals surface area contributed by atoms with Gasteiger partial charge in [-0.1, -0.05) is 23.9 Å². The summed E-state index contributed by atoms with van der Waals surface area (Å²) in [6.45, 7) is 0. The van der Waals surface area contributed by atoms with Gasteiger partial charge >= 0.3 is 0 Å². The van der Waals surface area contributed by atoms with Crippen molar-refractivity contribution < 1.29 is 22.8 Å². The molecule has 0 spiro atoms. The number of hydrogen-bond donors (Lipinski definition) is 2. The highest BCUT2D eigenvalue weighted by molar-refractivity contribution is 7.99. The van der Waals surface area contributed by atoms with Crippen LogP contribution in [0, 0.1) is 5.82 Å². The van der Waals surface area contributed by atoms with E-state index in [9.17, 15) is 14.0 Å². The number of nitrogens with one attached hydrogen (secondary N) is 2. The summed E-state index contributed by atoms with van der Waals surface area (Å²) in [7, 11) is 0. The van der Waals surface area contributed by atoms with Crippen LogP contribution in [0.3, 0.4) is 0 Å². The van der Waals surface area contributed by atoms with Gasteiger partial charge in [-0.3, -0.25) is 9.59 Å². The Morgan fingerprint density at radius 2 is 1.77 bits per heavy atom. The summed E-state index contributed by atoms with van der Waals surface area (Å²) < 4.78 is 23.7. The van der Waals surface area contributed by atoms with E-state index in [2.05, 4.69) is 20.8 Å². The smallest absolute Gasteiger partial charge is 0.284 e. The lowest BCUT2D eigenvalue weighted by Gasteiger charge is -2.11. The van der Waals surface area contributed by atoms with E-state index in [1.807, 2.05) is 0 Å². The fraction of sp³-hybridized carbons (Fsp3) is 0.0476. The van der Waals surface area contributed by atoms with Gasteiger partial charge in [0, 0.05) is 5.69 Å². The van der Waals surface area contributed by atoms with E-state index in [1.165, 1.54) is 30.5 Å². The first-order valence-electron chi connectivity index (χ1n) is 9.04. The van der Waals surface area contributed by atoms with Crippen molar-refractivity contribution in [2.24, 2.45) is 0 Å². The van der Waals surface area contributed by atoms with E-state index in [0.29, 0.717) is 17.1 Å². The predicted molar refractivity (Wildman–Crippen MR) is 112 cm³/mol. The van der Waals surface area contributed by atoms with Gasteiger partial charge in [-0.15, -0.1) is 10.2 Å². The van der Waals surface area contributed by atoms with Gasteiger partial charge in [0.05, 0.1) is 23.3 Å². The van der Waals surface area contributed by atoms with E-state index >= 15 is 0 Å². The summed E-state index contributed by atoms with van der Waals surface area (Å²) in [4.78, 5) is 25.0. The maximum Gasteiger partial charge on any atom is 0.284 e. The number of rotatable bonds is 7. The molecule has 2 amide bonds. The van der Waals surface area contributed by atoms with Crippen molar-refractivity contribution in [1.29, 1.82) is 0 Å². The fourth-order valence-electron chi connectivity index (χ4n) is 2.60. The van der Waals surface area contributed by atoms with Gasteiger partial charge in [0.25, 0.3) is 17.0 Å². The maximum atomic E-state index is 13.0. The van der Waals surface area contributed by atoms with Crippen LogP contribution in [0.4, 0.5) is 15.8 Å². The van der Waals surface area contributed by atoms with Crippen LogP contribution in [0.2, 0.25) is 0 Å². The second-order valence-electron chi connectivity index (χ2n) is 6.19. The lowest BCUT2D eigenvalue weighted by molar-refractivity contribution is -0.113. The molecule has 10 heteroatoms. The first-order chi connectivity index (χ1) is 15.1. The van der Waals surface area contributed by atoms with E-state index in [1.54, 1.807) is 36.4 Å². The number of hydrogen-bond acceptors (Lipinski definition) is 7. The normalized spacial score (nSPS) is 10.6. The summed E-state index contributed by atoms with van der Waals surface area (Å²) in [5.41, 5.74) is 1.05. The first-order valence-corrected chi connectivity index (χ1v) is 10.0. The number of anilines is 2. The molecule has 2 heterocycles. The van der Waals surface area contributed by atoms with Crippen LogP contribution in [-0.2, 0) is 4.79 Å². The molecule has 0 fully saturated rings. The zero-order chi connectivity index (χ0) is 21.6. The Balaban J connectivity index is 1.37. The third-order valence-electron chi connectivity index (χ3n) is 4.01. The number of halogens is 1. The van der Waals surface area contributed by atoms with Crippen LogP contribution in [0.25, 0.3) is 11.7 Å². The average molecular weight is 438 g/mol. The number of furan rings is 1. The second-order valence-corrected chi connectivity index (χ2v) is 7.12. The highest BCUT2D eigenvalue weighted by Crippen LogP contribution is 2.24. The number of thioether (sulfide) groups is 1. The van der Waals surface area contributed by atoms with Gasteiger partial charge in [0.15, 0.2) is 5.76 Å². The van der Waals surface area contributed by atoms with Crippen LogP contribution in [0.15, 0.2) is 81.0 Å². The number of carbonyl (C=O) groups is 2. The summed E-state index contributed by atoms with van der Waals surface area (Å²) in [5, 5.41) is 13.3. The lowest BCUT2D eigenvalue weighted by Crippen LogP contribution is -2.19. The minimum absolute atomic E-state index is 0.00625. The van der Waals surface area contributed by atoms with Crippen molar-refractivity contribution in [3.8, 4) is 11.7 Å². The van der Waals surface area contributed by atoms with E-state index in [0.717, 1.165) is 11.8 Å². The third kappa shape index (κ3) is 5.17. The lowest BCUT2D eigenvalue weighted by atomic mass is 10.1. The van der Waals surface area contributed by atoms with E-state index < -0.39 is 11.7 Å². The number of carbonyl (C=O) groups excluding carboxylic acids is 2. The van der Waals surface area contributed by atoms with Crippen molar-refractivity contribution in [3.63, 3.8) is 0 Å². The van der Waals surface area contributed by atoms with E-state index in [-0.39, 0.29) is 28.3 Å². The molecule has 0 bridgehead atoms. The van der Waals surface area contributed by atoms with E-state index in [4.69, 9.17) is 8.83 Å². The van der Waals surface area contributed by atoms with Crippen molar-refractivity contribution in [3.05, 3.63) is 78.3 Å². The molecule has 2 aromatic heterocycles. The molecule has 0 saturated heterocycles. The Kier molecular flexibility index (Phi) is 6.08. The highest BCUT2D eigenvalue weighted by atomic mass is 32.2. The monoisotopic (exact) mass is 438 g/mol. The van der Waals surface area contributed by atoms with Gasteiger partial charge in [-0.25, -0.2) is 4.39 Å². The molecular formula is C21H15FN4O4S. The van der Waals surface area contributed by atoms with Crippen molar-refractivity contribution in [1.82, 2.24) is 10.2 Å². The molecule has 0 radical (unpaired) electrons. The molecular weight excluding hydrogens is 423 g/mol. The molecule has 31 heavy (non-hydrogen) atoms. The molecule has 0 unspecified atom stereocenters. The topological polar surface area (TPSA) is 110 Å². The fourth-order valence-corrected chi connectivity index (χ4v) is 3.17. The molecule has 0 aliphatic heterocycles. The molecule has 0 aliphatic rings. The molecule has 4 rings (SSSR count). The number of para-hydroxylation sites is 1. The number of amides is 2. The van der Waals surface area contributed by atoms with Crippen LogP contribution in [-0.4, -0.2) is 27.8 Å². The molecule has 156 valence electrons. The number of benzene rings is 2. The van der Waals surface area contributed by atoms with Gasteiger partial charge in [-0.05, 0) is 48.5 Å². The predicted octanol–water partition coefficient (Wildman–Crippen LogP) is 4.45. The standard InChI is InChI=1S/C21H15FN4O4S/c22-13-7-9-14(10-8-13)23-19(28)15-4-1-2-5-16(15)24-18(27)12-31-21-26-25-20(30-21)17-6-3-11-29-17/h1-11H,12H2,(H,23,28)(H,24,27). The molecule has 0 saturated carbocycles. The molecule has 0 aliphatic carbocycles. The zero-order valence-electron chi connectivity index (χ0n) is 15.9. The van der Waals surface area contributed by atoms with Crippen molar-refractivity contribution in [2.45, 2.75) is 5.22 Å². The largest absolute Gasteiger partial charge is 0.459 e. The minimum atomic E-state index is -0.435. The average Bonchev–Trinajstić information content (AvgIpc) is 3.46. The summed E-state index contributed by atoms with van der Waals surface area (Å²) in [6.07, 6.45) is 1.49. The van der Waals surface area contributed by atoms with Gasteiger partial charge < -0.3 is 19.5 Å². The molecule has 4 aromatic rings. The van der Waals surface area contributed by atoms with Gasteiger partial charge in [0.1, 0.15) is 5.82 Å². The first kappa shape index (κ1) is 20.4. The van der Waals surface area contributed by atoms with Crippen LogP contribution < -0.4 is 10.6 Å². The molecule has 2 N–H and O–H groups in total. The second kappa shape index (κ2) is 9.26. The Hall–Kier alpha value is -3.92. The third-order valence-corrected chi connectivity index (χ3v) is 4.83. The van der Waals surface area contributed by atoms with Crippen LogP contribution in [0.5, 0.6) is 0 Å². The van der Waals surface area contributed by atoms with Crippen molar-refractivity contribution >= 4 is 35.0 Å². The van der Waals surface area contributed by atoms with Crippen LogP contribution >= 0.6 is 11.8 Å². The molecule has 8 nitrogen and oxygen atoms in total. The van der Waals surface area contributed by atoms with Gasteiger partial charge in [0.2, 0.25) is 5.91 Å². The quantitative estimate of drug-likeness (QED) is 0.410. The SMILES string of the molecule is O=C(CSc1nnc(-c2ccco2)o1)Nc1ccccc1C(=O)Nc1ccc(F)cc1. The van der Waals surface area contributed by atoms with Crippen LogP contribution in [0.1, 0.15) is 10.4 Å². The summed E-state index contributed by atoms with van der Waals surface area (Å²) >= 11 is 1.05. The highest BCUT2D eigenvalue weighted by Gasteiger charge is 2.16. The Morgan fingerprint density at radius 1 is 0.968 bits per heavy atom.